The molecular formula is C55H30N2O2. The van der Waals surface area contributed by atoms with Gasteiger partial charge in [-0.25, -0.2) is 0 Å². The Morgan fingerprint density at radius 2 is 0.729 bits per heavy atom. The van der Waals surface area contributed by atoms with Gasteiger partial charge in [0.05, 0.1) is 22.1 Å². The molecule has 2 aliphatic rings. The fourth-order valence-corrected chi connectivity index (χ4v) is 11.2. The first kappa shape index (κ1) is 30.3. The summed E-state index contributed by atoms with van der Waals surface area (Å²) in [5.74, 6) is 0. The average molecular weight is 751 g/mol. The van der Waals surface area contributed by atoms with Crippen LogP contribution in [-0.4, -0.2) is 9.13 Å². The van der Waals surface area contributed by atoms with Gasteiger partial charge in [0.25, 0.3) is 0 Å². The number of fused-ring (bicyclic) bond motifs is 16. The van der Waals surface area contributed by atoms with Crippen LogP contribution < -0.4 is 0 Å². The van der Waals surface area contributed by atoms with Crippen LogP contribution in [0.3, 0.4) is 0 Å². The Kier molecular flexibility index (Phi) is 5.43. The van der Waals surface area contributed by atoms with Crippen LogP contribution in [0.15, 0.2) is 185 Å². The molecule has 4 aromatic heterocycles. The van der Waals surface area contributed by atoms with Gasteiger partial charge in [0.2, 0.25) is 0 Å². The first-order valence-corrected chi connectivity index (χ1v) is 20.4. The van der Waals surface area contributed by atoms with Crippen LogP contribution in [0.2, 0.25) is 0 Å². The number of furan rings is 2. The fourth-order valence-electron chi connectivity index (χ4n) is 11.2. The number of nitrogens with zero attached hydrogens (tertiary/aromatic N) is 2. The zero-order chi connectivity index (χ0) is 38.1. The Labute approximate surface area is 336 Å². The van der Waals surface area contributed by atoms with Gasteiger partial charge in [-0.3, -0.25) is 0 Å². The molecular weight excluding hydrogens is 721 g/mol. The predicted octanol–water partition coefficient (Wildman–Crippen LogP) is 15.1. The summed E-state index contributed by atoms with van der Waals surface area (Å²) in [6, 6.07) is 64.5. The third-order valence-electron chi connectivity index (χ3n) is 13.5. The van der Waals surface area contributed by atoms with Crippen molar-refractivity contribution in [3.63, 3.8) is 0 Å². The summed E-state index contributed by atoms with van der Waals surface area (Å²) in [6.07, 6.45) is -0.0785. The second-order valence-electron chi connectivity index (χ2n) is 16.3. The average Bonchev–Trinajstić information content (AvgIpc) is 4.05. The number of para-hydroxylation sites is 4. The molecule has 0 fully saturated rings. The number of rotatable bonds is 2. The topological polar surface area (TPSA) is 36.1 Å². The molecule has 9 aromatic carbocycles. The maximum atomic E-state index is 6.41. The molecule has 0 spiro atoms. The van der Waals surface area contributed by atoms with Gasteiger partial charge in [0, 0.05) is 59.8 Å². The van der Waals surface area contributed by atoms with Crippen LogP contribution in [0.5, 0.6) is 0 Å². The summed E-state index contributed by atoms with van der Waals surface area (Å²) >= 11 is 0. The van der Waals surface area contributed by atoms with E-state index in [-0.39, 0.29) is 6.17 Å². The van der Waals surface area contributed by atoms with E-state index in [1.165, 1.54) is 93.7 Å². The van der Waals surface area contributed by atoms with Gasteiger partial charge < -0.3 is 18.0 Å². The Hall–Kier alpha value is -7.82. The van der Waals surface area contributed by atoms with Crippen molar-refractivity contribution in [3.8, 4) is 44.5 Å². The highest BCUT2D eigenvalue weighted by Crippen LogP contribution is 2.56. The monoisotopic (exact) mass is 750 g/mol. The van der Waals surface area contributed by atoms with E-state index in [0.717, 1.165) is 43.9 Å². The van der Waals surface area contributed by atoms with Gasteiger partial charge >= 0.3 is 0 Å². The molecule has 2 aliphatic heterocycles. The molecule has 0 saturated heterocycles. The number of benzene rings is 9. The molecule has 13 aromatic rings. The van der Waals surface area contributed by atoms with Crippen molar-refractivity contribution < 1.29 is 8.83 Å². The first-order chi connectivity index (χ1) is 29.3. The largest absolute Gasteiger partial charge is 0.456 e. The van der Waals surface area contributed by atoms with E-state index in [1.54, 1.807) is 0 Å². The molecule has 59 heavy (non-hydrogen) atoms. The second-order valence-corrected chi connectivity index (χ2v) is 16.3. The summed E-state index contributed by atoms with van der Waals surface area (Å²) in [7, 11) is 0. The molecule has 0 saturated carbocycles. The Bertz CT molecular complexity index is 3780. The van der Waals surface area contributed by atoms with Crippen molar-refractivity contribution >= 4 is 87.5 Å². The molecule has 0 atom stereocenters. The van der Waals surface area contributed by atoms with Crippen LogP contribution in [0.4, 0.5) is 0 Å². The molecule has 4 heteroatoms. The van der Waals surface area contributed by atoms with Gasteiger partial charge in [-0.1, -0.05) is 115 Å². The highest BCUT2D eigenvalue weighted by atomic mass is 16.3. The lowest BCUT2D eigenvalue weighted by molar-refractivity contribution is 0.556. The highest BCUT2D eigenvalue weighted by Gasteiger charge is 2.38. The minimum absolute atomic E-state index is 0.0785. The lowest BCUT2D eigenvalue weighted by Crippen LogP contribution is -2.26. The van der Waals surface area contributed by atoms with Crippen molar-refractivity contribution in [1.82, 2.24) is 9.13 Å². The van der Waals surface area contributed by atoms with Crippen molar-refractivity contribution in [2.45, 2.75) is 6.17 Å². The summed E-state index contributed by atoms with van der Waals surface area (Å²) in [6.45, 7) is 0. The lowest BCUT2D eigenvalue weighted by Gasteiger charge is -2.37. The normalized spacial score (nSPS) is 13.4. The number of aromatic nitrogens is 2. The molecule has 0 aliphatic carbocycles. The Morgan fingerprint density at radius 1 is 0.322 bits per heavy atom. The van der Waals surface area contributed by atoms with Gasteiger partial charge in [-0.05, 0) is 94.0 Å². The summed E-state index contributed by atoms with van der Waals surface area (Å²) in [5, 5.41) is 9.65. The van der Waals surface area contributed by atoms with Crippen LogP contribution in [0, 0.1) is 0 Å². The van der Waals surface area contributed by atoms with E-state index < -0.39 is 0 Å². The van der Waals surface area contributed by atoms with E-state index in [4.69, 9.17) is 8.83 Å². The van der Waals surface area contributed by atoms with Crippen molar-refractivity contribution in [3.05, 3.63) is 181 Å². The van der Waals surface area contributed by atoms with E-state index in [9.17, 15) is 0 Å². The molecule has 0 radical (unpaired) electrons. The minimum Gasteiger partial charge on any atom is -0.456 e. The molecule has 0 amide bonds. The third kappa shape index (κ3) is 3.67. The molecule has 0 unspecified atom stereocenters. The van der Waals surface area contributed by atoms with Crippen molar-refractivity contribution in [2.24, 2.45) is 0 Å². The first-order valence-electron chi connectivity index (χ1n) is 20.4. The Morgan fingerprint density at radius 3 is 1.24 bits per heavy atom. The predicted molar refractivity (Wildman–Crippen MR) is 242 cm³/mol. The summed E-state index contributed by atoms with van der Waals surface area (Å²) in [4.78, 5) is 0. The third-order valence-corrected chi connectivity index (χ3v) is 13.5. The van der Waals surface area contributed by atoms with E-state index in [2.05, 4.69) is 173 Å². The van der Waals surface area contributed by atoms with Gasteiger partial charge in [0.15, 0.2) is 0 Å². The van der Waals surface area contributed by atoms with Crippen LogP contribution in [0.25, 0.3) is 132 Å². The molecule has 0 bridgehead atoms. The lowest BCUT2D eigenvalue weighted by atomic mass is 9.82. The van der Waals surface area contributed by atoms with Crippen LogP contribution in [-0.2, 0) is 0 Å². The van der Waals surface area contributed by atoms with E-state index in [0.29, 0.717) is 0 Å². The van der Waals surface area contributed by atoms with Crippen molar-refractivity contribution in [2.75, 3.05) is 0 Å². The molecule has 272 valence electrons. The van der Waals surface area contributed by atoms with Crippen molar-refractivity contribution in [1.29, 1.82) is 0 Å². The molecule has 4 nitrogen and oxygen atoms in total. The van der Waals surface area contributed by atoms with Crippen LogP contribution >= 0.6 is 0 Å². The maximum absolute atomic E-state index is 6.41. The smallest absolute Gasteiger partial charge is 0.138 e. The quantitative estimate of drug-likeness (QED) is 0.176. The molecule has 0 N–H and O–H groups in total. The zero-order valence-corrected chi connectivity index (χ0v) is 31.5. The molecule has 15 rings (SSSR count). The highest BCUT2D eigenvalue weighted by molar-refractivity contribution is 6.22. The number of hydrogen-bond donors (Lipinski definition) is 0. The maximum Gasteiger partial charge on any atom is 0.138 e. The SMILES string of the molecule is c1cc2c3c(c1)-c1cc(-c4cccc5oc6ccccc6c45)cc4c5ccccc5n(c14)C3n1c3ccccc3c3cc(-c4cccc5oc6ccccc6c45)cc-2c31. The standard InChI is InChI=1S/C55H30N2O2/c1-5-20-44-34(12-1)40-26-30(32-16-10-24-48-50(32)38-14-3-7-22-46(38)58-48)28-42-36-18-9-19-37-43-29-31(33-17-11-25-49-51(33)39-15-4-8-23-47(39)59-49)27-41-35-13-2-6-21-45(35)57(54(41)43)55(52(36)37)56(44)53(40)42/h1-29,55H. The fraction of sp³-hybridized carbons (Fsp3) is 0.0182. The van der Waals surface area contributed by atoms with E-state index in [1.807, 2.05) is 12.1 Å². The minimum atomic E-state index is -0.0785. The summed E-state index contributed by atoms with van der Waals surface area (Å²) < 4.78 is 18.1. The van der Waals surface area contributed by atoms with Gasteiger partial charge in [-0.2, -0.15) is 0 Å². The Balaban J connectivity index is 1.08. The number of hydrogen-bond acceptors (Lipinski definition) is 2. The second kappa shape index (κ2) is 10.6. The van der Waals surface area contributed by atoms with E-state index >= 15 is 0 Å². The van der Waals surface area contributed by atoms with Crippen LogP contribution in [0.1, 0.15) is 11.7 Å². The summed E-state index contributed by atoms with van der Waals surface area (Å²) in [5.41, 5.74) is 19.8. The van der Waals surface area contributed by atoms with Gasteiger partial charge in [-0.15, -0.1) is 0 Å². The van der Waals surface area contributed by atoms with Gasteiger partial charge in [0.1, 0.15) is 28.5 Å². The zero-order valence-electron chi connectivity index (χ0n) is 31.5. The molecule has 6 heterocycles.